The summed E-state index contributed by atoms with van der Waals surface area (Å²) in [5, 5.41) is 18.4. The number of carbonyl (C=O) groups is 2. The lowest BCUT2D eigenvalue weighted by Gasteiger charge is -2.14. The largest absolute Gasteiger partial charge is 0.516 e. The molecule has 0 unspecified atom stereocenters. The van der Waals surface area contributed by atoms with E-state index in [0.29, 0.717) is 34.6 Å². The van der Waals surface area contributed by atoms with E-state index in [4.69, 9.17) is 5.11 Å². The van der Waals surface area contributed by atoms with E-state index in [2.05, 4.69) is 0 Å². The normalized spacial score (nSPS) is 17.4. The molecule has 3 rings (SSSR count). The molecule has 0 aromatic carbocycles. The van der Waals surface area contributed by atoms with E-state index in [0.717, 1.165) is 19.4 Å². The second-order valence-corrected chi connectivity index (χ2v) is 5.16. The van der Waals surface area contributed by atoms with Crippen LogP contribution in [0.15, 0.2) is 24.1 Å². The van der Waals surface area contributed by atoms with Gasteiger partial charge in [-0.05, 0) is 6.08 Å². The van der Waals surface area contributed by atoms with E-state index in [-0.39, 0.29) is 18.2 Å². The molecule has 0 amide bonds. The highest BCUT2D eigenvalue weighted by molar-refractivity contribution is 6.24. The number of rotatable bonds is 4. The third kappa shape index (κ3) is 1.99. The van der Waals surface area contributed by atoms with Crippen LogP contribution in [0.2, 0.25) is 0 Å². The number of ketones is 2. The third-order valence-corrected chi connectivity index (χ3v) is 3.95. The van der Waals surface area contributed by atoms with Crippen molar-refractivity contribution in [3.05, 3.63) is 46.6 Å². The fourth-order valence-corrected chi connectivity index (χ4v) is 2.83. The van der Waals surface area contributed by atoms with Crippen LogP contribution in [0.1, 0.15) is 32.1 Å². The van der Waals surface area contributed by atoms with Crippen LogP contribution in [0.25, 0.3) is 0 Å². The summed E-state index contributed by atoms with van der Waals surface area (Å²) in [7, 11) is 1.69. The highest BCUT2D eigenvalue weighted by Gasteiger charge is 2.38. The minimum absolute atomic E-state index is 0.207. The van der Waals surface area contributed by atoms with E-state index in [1.807, 2.05) is 4.90 Å². The van der Waals surface area contributed by atoms with E-state index in [9.17, 15) is 14.7 Å². The second-order valence-electron chi connectivity index (χ2n) is 5.16. The predicted molar refractivity (Wildman–Crippen MR) is 75.1 cm³/mol. The number of fused-ring (bicyclic) bond motifs is 1. The van der Waals surface area contributed by atoms with Gasteiger partial charge >= 0.3 is 0 Å². The maximum atomic E-state index is 12.6. The van der Waals surface area contributed by atoms with Crippen LogP contribution in [0.4, 0.5) is 0 Å². The Bertz CT molecular complexity index is 693. The Balaban J connectivity index is 2.16. The van der Waals surface area contributed by atoms with E-state index in [1.54, 1.807) is 11.6 Å². The van der Waals surface area contributed by atoms with Gasteiger partial charge in [-0.1, -0.05) is 0 Å². The van der Waals surface area contributed by atoms with Gasteiger partial charge in [-0.15, -0.1) is 0 Å². The second kappa shape index (κ2) is 4.89. The number of hydrogen-bond acceptors (Lipinski definition) is 5. The van der Waals surface area contributed by atoms with Crippen LogP contribution >= 0.6 is 0 Å². The standard InChI is InChI=1S/C15H16N2O4/c1-16-10(3-2-6-18)9(8-19)13-14(16)12(20)7-11(15(13)21)17-4-5-17/h2,6-7,18-19H,3-5,8H2,1H3. The summed E-state index contributed by atoms with van der Waals surface area (Å²) in [6, 6.07) is 0. The quantitative estimate of drug-likeness (QED) is 0.630. The van der Waals surface area contributed by atoms with Crippen LogP contribution in [-0.2, 0) is 20.1 Å². The Morgan fingerprint density at radius 2 is 2.05 bits per heavy atom. The Morgan fingerprint density at radius 1 is 1.33 bits per heavy atom. The summed E-state index contributed by atoms with van der Waals surface area (Å²) >= 11 is 0. The number of carbonyl (C=O) groups excluding carboxylic acids is 2. The van der Waals surface area contributed by atoms with Gasteiger partial charge in [0.15, 0.2) is 0 Å². The monoisotopic (exact) mass is 288 g/mol. The molecule has 0 spiro atoms. The first-order chi connectivity index (χ1) is 10.1. The molecule has 1 fully saturated rings. The van der Waals surface area contributed by atoms with Crippen molar-refractivity contribution < 1.29 is 19.8 Å². The summed E-state index contributed by atoms with van der Waals surface area (Å²) < 4.78 is 1.64. The molecule has 1 aromatic heterocycles. The summed E-state index contributed by atoms with van der Waals surface area (Å²) in [6.45, 7) is 1.24. The molecule has 21 heavy (non-hydrogen) atoms. The van der Waals surface area contributed by atoms with Gasteiger partial charge in [-0.2, -0.15) is 0 Å². The first-order valence-electron chi connectivity index (χ1n) is 6.76. The molecule has 1 saturated heterocycles. The van der Waals surface area contributed by atoms with Gasteiger partial charge in [-0.25, -0.2) is 0 Å². The first kappa shape index (κ1) is 13.6. The third-order valence-electron chi connectivity index (χ3n) is 3.95. The molecular weight excluding hydrogens is 272 g/mol. The zero-order valence-electron chi connectivity index (χ0n) is 11.7. The lowest BCUT2D eigenvalue weighted by molar-refractivity contribution is 0.0964. The van der Waals surface area contributed by atoms with Crippen LogP contribution in [-0.4, -0.2) is 44.3 Å². The molecular formula is C15H16N2O4. The van der Waals surface area contributed by atoms with Gasteiger partial charge in [0.25, 0.3) is 0 Å². The first-order valence-corrected chi connectivity index (χ1v) is 6.76. The van der Waals surface area contributed by atoms with Crippen molar-refractivity contribution in [2.45, 2.75) is 13.0 Å². The average Bonchev–Trinajstić information content (AvgIpc) is 3.25. The maximum absolute atomic E-state index is 12.6. The molecule has 2 aliphatic rings. The smallest absolute Gasteiger partial charge is 0.211 e. The van der Waals surface area contributed by atoms with Gasteiger partial charge in [0.05, 0.1) is 24.1 Å². The zero-order valence-corrected chi connectivity index (χ0v) is 11.7. The summed E-state index contributed by atoms with van der Waals surface area (Å²) in [4.78, 5) is 26.8. The molecule has 0 saturated carbocycles. The number of Topliss-reactive ketones (excluding diaryl/α,β-unsaturated/α-hetero) is 1. The van der Waals surface area contributed by atoms with Crippen molar-refractivity contribution in [3.63, 3.8) is 0 Å². The fraction of sp³-hybridized carbons (Fsp3) is 0.333. The molecule has 0 bridgehead atoms. The van der Waals surface area contributed by atoms with Crippen molar-refractivity contribution in [2.75, 3.05) is 13.1 Å². The molecule has 110 valence electrons. The molecule has 0 atom stereocenters. The number of aromatic nitrogens is 1. The van der Waals surface area contributed by atoms with E-state index < -0.39 is 0 Å². The molecule has 2 heterocycles. The molecule has 6 nitrogen and oxygen atoms in total. The van der Waals surface area contributed by atoms with E-state index >= 15 is 0 Å². The van der Waals surface area contributed by atoms with Crippen molar-refractivity contribution in [2.24, 2.45) is 7.05 Å². The average molecular weight is 288 g/mol. The lowest BCUT2D eigenvalue weighted by atomic mass is 9.95. The van der Waals surface area contributed by atoms with Gasteiger partial charge in [0, 0.05) is 43.9 Å². The highest BCUT2D eigenvalue weighted by atomic mass is 16.3. The van der Waals surface area contributed by atoms with Gasteiger partial charge in [0.2, 0.25) is 11.6 Å². The number of aliphatic hydroxyl groups excluding tert-OH is 2. The SMILES string of the molecule is Cn1c(CC=CO)c(CO)c2c1C(=O)C=C(N1CC1)C2=O. The Morgan fingerprint density at radius 3 is 2.62 bits per heavy atom. The van der Waals surface area contributed by atoms with Crippen molar-refractivity contribution in [3.8, 4) is 0 Å². The van der Waals surface area contributed by atoms with Crippen LogP contribution < -0.4 is 0 Å². The van der Waals surface area contributed by atoms with Crippen LogP contribution in [0.3, 0.4) is 0 Å². The maximum Gasteiger partial charge on any atom is 0.211 e. The summed E-state index contributed by atoms with van der Waals surface area (Å²) in [6.07, 6.45) is 4.14. The summed E-state index contributed by atoms with van der Waals surface area (Å²) in [5.74, 6) is -0.427. The van der Waals surface area contributed by atoms with Crippen LogP contribution in [0, 0.1) is 0 Å². The Kier molecular flexibility index (Phi) is 3.17. The molecule has 0 radical (unpaired) electrons. The van der Waals surface area contributed by atoms with E-state index in [1.165, 1.54) is 12.2 Å². The number of allylic oxidation sites excluding steroid dienone is 3. The van der Waals surface area contributed by atoms with Crippen molar-refractivity contribution >= 4 is 11.6 Å². The van der Waals surface area contributed by atoms with Gasteiger partial charge in [0.1, 0.15) is 5.69 Å². The topological polar surface area (TPSA) is 82.5 Å². The summed E-state index contributed by atoms with van der Waals surface area (Å²) in [5.41, 5.74) is 2.16. The molecule has 1 aliphatic heterocycles. The Hall–Kier alpha value is -2.34. The number of aliphatic hydroxyl groups is 2. The minimum Gasteiger partial charge on any atom is -0.516 e. The number of nitrogens with zero attached hydrogens (tertiary/aromatic N) is 2. The molecule has 6 heteroatoms. The molecule has 2 N–H and O–H groups in total. The molecule has 1 aromatic rings. The van der Waals surface area contributed by atoms with Gasteiger partial charge in [-0.3, -0.25) is 9.59 Å². The van der Waals surface area contributed by atoms with Crippen molar-refractivity contribution in [1.82, 2.24) is 9.47 Å². The highest BCUT2D eigenvalue weighted by Crippen LogP contribution is 2.32. The molecule has 1 aliphatic carbocycles. The Labute approximate surface area is 121 Å². The number of hydrogen-bond donors (Lipinski definition) is 2. The van der Waals surface area contributed by atoms with Gasteiger partial charge < -0.3 is 19.7 Å². The fourth-order valence-electron chi connectivity index (χ4n) is 2.83. The lowest BCUT2D eigenvalue weighted by Crippen LogP contribution is -2.22. The van der Waals surface area contributed by atoms with Crippen LogP contribution in [0.5, 0.6) is 0 Å². The minimum atomic E-state index is -0.315. The van der Waals surface area contributed by atoms with Crippen molar-refractivity contribution in [1.29, 1.82) is 0 Å². The predicted octanol–water partition coefficient (Wildman–Crippen LogP) is 0.710. The zero-order chi connectivity index (χ0) is 15.1.